The fourth-order valence-corrected chi connectivity index (χ4v) is 5.41. The van der Waals surface area contributed by atoms with E-state index in [2.05, 4.69) is 11.5 Å². The first kappa shape index (κ1) is 21.0. The number of likely N-dealkylation sites (tertiary alicyclic amines) is 1. The molecule has 1 aromatic heterocycles. The molecule has 5 rings (SSSR count). The topological polar surface area (TPSA) is 67.7 Å². The zero-order valence-electron chi connectivity index (χ0n) is 19.3. The van der Waals surface area contributed by atoms with E-state index in [1.165, 1.54) is 17.8 Å². The Bertz CT molecular complexity index is 1050. The molecular weight excluding hydrogens is 404 g/mol. The molecule has 0 radical (unpaired) electrons. The summed E-state index contributed by atoms with van der Waals surface area (Å²) in [4.78, 5) is 34.6. The molecule has 2 amide bonds. The summed E-state index contributed by atoms with van der Waals surface area (Å²) in [6.45, 7) is 8.04. The van der Waals surface area contributed by atoms with Crippen LogP contribution in [-0.4, -0.2) is 45.6 Å². The normalized spacial score (nSPS) is 18.3. The van der Waals surface area contributed by atoms with Gasteiger partial charge in [0.15, 0.2) is 0 Å². The maximum absolute atomic E-state index is 13.8. The van der Waals surface area contributed by atoms with Crippen molar-refractivity contribution in [2.75, 3.05) is 18.0 Å². The number of hydrogen-bond donors (Lipinski definition) is 0. The summed E-state index contributed by atoms with van der Waals surface area (Å²) in [6.07, 6.45) is 4.99. The molecule has 2 aromatic rings. The molecule has 3 heterocycles. The quantitative estimate of drug-likeness (QED) is 0.691. The molecule has 1 aromatic carbocycles. The van der Waals surface area contributed by atoms with Crippen molar-refractivity contribution in [3.8, 4) is 0 Å². The fraction of sp³-hybridized carbons (Fsp3) is 0.560. The molecule has 0 saturated carbocycles. The lowest BCUT2D eigenvalue weighted by atomic mass is 9.75. The maximum Gasteiger partial charge on any atom is 0.410 e. The van der Waals surface area contributed by atoms with E-state index in [1.54, 1.807) is 4.90 Å². The monoisotopic (exact) mass is 436 g/mol. The molecule has 0 N–H and O–H groups in total. The first-order valence-electron chi connectivity index (χ1n) is 11.9. The Morgan fingerprint density at radius 3 is 2.75 bits per heavy atom. The number of ether oxygens (including phenoxy) is 1. The van der Waals surface area contributed by atoms with Gasteiger partial charge in [-0.25, -0.2) is 9.78 Å². The van der Waals surface area contributed by atoms with E-state index in [9.17, 15) is 9.59 Å². The van der Waals surface area contributed by atoms with Crippen LogP contribution in [0.4, 0.5) is 10.5 Å². The smallest absolute Gasteiger partial charge is 0.410 e. The SMILES string of the molecule is CCCCn1c(CN2C(=O)C3(CN(C(=O)OC(C)C)C3)c3ccccc32)nc2c1CCC2. The molecule has 3 aliphatic rings. The summed E-state index contributed by atoms with van der Waals surface area (Å²) in [6, 6.07) is 8.00. The molecule has 0 atom stereocenters. The molecule has 170 valence electrons. The third kappa shape index (κ3) is 3.21. The van der Waals surface area contributed by atoms with E-state index < -0.39 is 5.41 Å². The highest BCUT2D eigenvalue weighted by molar-refractivity contribution is 6.09. The molecule has 0 unspecified atom stereocenters. The molecule has 1 saturated heterocycles. The first-order valence-corrected chi connectivity index (χ1v) is 11.9. The largest absolute Gasteiger partial charge is 0.447 e. The number of nitrogens with zero attached hydrogens (tertiary/aromatic N) is 4. The van der Waals surface area contributed by atoms with Gasteiger partial charge in [0.1, 0.15) is 11.2 Å². The summed E-state index contributed by atoms with van der Waals surface area (Å²) in [5.41, 5.74) is 3.85. The van der Waals surface area contributed by atoms with Gasteiger partial charge in [0, 0.05) is 31.0 Å². The van der Waals surface area contributed by atoms with Crippen molar-refractivity contribution < 1.29 is 14.3 Å². The summed E-state index contributed by atoms with van der Waals surface area (Å²) < 4.78 is 7.70. The number of aryl methyl sites for hydroxylation is 1. The van der Waals surface area contributed by atoms with Gasteiger partial charge in [0.05, 0.1) is 18.3 Å². The van der Waals surface area contributed by atoms with E-state index in [1.807, 2.05) is 43.0 Å². The van der Waals surface area contributed by atoms with Crippen molar-refractivity contribution in [2.24, 2.45) is 0 Å². The highest BCUT2D eigenvalue weighted by Crippen LogP contribution is 2.48. The lowest BCUT2D eigenvalue weighted by molar-refractivity contribution is -0.128. The third-order valence-electron chi connectivity index (χ3n) is 6.98. The highest BCUT2D eigenvalue weighted by Gasteiger charge is 2.59. The molecule has 0 bridgehead atoms. The van der Waals surface area contributed by atoms with Crippen LogP contribution in [0, 0.1) is 0 Å². The van der Waals surface area contributed by atoms with Gasteiger partial charge >= 0.3 is 6.09 Å². The average Bonchev–Trinajstić information content (AvgIpc) is 3.37. The minimum Gasteiger partial charge on any atom is -0.447 e. The van der Waals surface area contributed by atoms with Crippen LogP contribution in [0.2, 0.25) is 0 Å². The molecular formula is C25H32N4O3. The maximum atomic E-state index is 13.8. The van der Waals surface area contributed by atoms with Crippen molar-refractivity contribution >= 4 is 17.7 Å². The summed E-state index contributed by atoms with van der Waals surface area (Å²) in [5, 5.41) is 0. The number of imidazole rings is 1. The zero-order chi connectivity index (χ0) is 22.5. The number of anilines is 1. The lowest BCUT2D eigenvalue weighted by Crippen LogP contribution is -2.65. The van der Waals surface area contributed by atoms with Crippen LogP contribution in [0.25, 0.3) is 0 Å². The molecule has 32 heavy (non-hydrogen) atoms. The number of benzene rings is 1. The minimum absolute atomic E-state index is 0.0671. The van der Waals surface area contributed by atoms with Gasteiger partial charge in [0.2, 0.25) is 5.91 Å². The second-order valence-electron chi connectivity index (χ2n) is 9.56. The van der Waals surface area contributed by atoms with Crippen molar-refractivity contribution in [3.63, 3.8) is 0 Å². The van der Waals surface area contributed by atoms with E-state index >= 15 is 0 Å². The number of carbonyl (C=O) groups is 2. The van der Waals surface area contributed by atoms with Gasteiger partial charge in [-0.1, -0.05) is 31.5 Å². The predicted molar refractivity (Wildman–Crippen MR) is 122 cm³/mol. The van der Waals surface area contributed by atoms with Gasteiger partial charge < -0.3 is 19.1 Å². The number of fused-ring (bicyclic) bond motifs is 3. The number of hydrogen-bond acceptors (Lipinski definition) is 4. The Balaban J connectivity index is 1.42. The standard InChI is InChI=1S/C25H32N4O3/c1-4-5-13-28-21-12-8-10-19(21)26-22(28)14-29-20-11-7-6-9-18(20)25(23(29)30)15-27(16-25)24(31)32-17(2)3/h6-7,9,11,17H,4-5,8,10,12-16H2,1-3H3. The minimum atomic E-state index is -0.670. The number of para-hydroxylation sites is 1. The van der Waals surface area contributed by atoms with Crippen LogP contribution < -0.4 is 4.90 Å². The number of amides is 2. The molecule has 1 fully saturated rings. The van der Waals surface area contributed by atoms with Crippen LogP contribution in [0.5, 0.6) is 0 Å². The zero-order valence-corrected chi connectivity index (χ0v) is 19.3. The average molecular weight is 437 g/mol. The van der Waals surface area contributed by atoms with E-state index in [0.29, 0.717) is 19.6 Å². The Morgan fingerprint density at radius 2 is 2.00 bits per heavy atom. The van der Waals surface area contributed by atoms with Gasteiger partial charge in [-0.05, 0) is 51.2 Å². The Labute approximate surface area is 189 Å². The van der Waals surface area contributed by atoms with Crippen molar-refractivity contribution in [2.45, 2.75) is 77.5 Å². The summed E-state index contributed by atoms with van der Waals surface area (Å²) >= 11 is 0. The van der Waals surface area contributed by atoms with Crippen LogP contribution >= 0.6 is 0 Å². The molecule has 1 aliphatic carbocycles. The summed E-state index contributed by atoms with van der Waals surface area (Å²) in [7, 11) is 0. The highest BCUT2D eigenvalue weighted by atomic mass is 16.6. The molecule has 7 nitrogen and oxygen atoms in total. The molecule has 7 heteroatoms. The van der Waals surface area contributed by atoms with E-state index in [4.69, 9.17) is 9.72 Å². The van der Waals surface area contributed by atoms with Crippen LogP contribution in [-0.2, 0) is 40.9 Å². The second kappa shape index (κ2) is 7.94. The fourth-order valence-electron chi connectivity index (χ4n) is 5.41. The van der Waals surface area contributed by atoms with Crippen molar-refractivity contribution in [1.29, 1.82) is 0 Å². The Kier molecular flexibility index (Phi) is 5.22. The van der Waals surface area contributed by atoms with Crippen LogP contribution in [0.15, 0.2) is 24.3 Å². The predicted octanol–water partition coefficient (Wildman–Crippen LogP) is 3.82. The van der Waals surface area contributed by atoms with Gasteiger partial charge in [-0.2, -0.15) is 0 Å². The molecule has 1 spiro atoms. The number of rotatable bonds is 6. The Morgan fingerprint density at radius 1 is 1.22 bits per heavy atom. The van der Waals surface area contributed by atoms with E-state index in [0.717, 1.165) is 49.3 Å². The van der Waals surface area contributed by atoms with Crippen LogP contribution in [0.3, 0.4) is 0 Å². The van der Waals surface area contributed by atoms with Gasteiger partial charge in [-0.3, -0.25) is 4.79 Å². The third-order valence-corrected chi connectivity index (χ3v) is 6.98. The second-order valence-corrected chi connectivity index (χ2v) is 9.56. The van der Waals surface area contributed by atoms with Crippen molar-refractivity contribution in [3.05, 3.63) is 47.0 Å². The number of carbonyl (C=O) groups excluding carboxylic acids is 2. The van der Waals surface area contributed by atoms with E-state index in [-0.39, 0.29) is 18.1 Å². The first-order chi connectivity index (χ1) is 15.4. The van der Waals surface area contributed by atoms with Crippen molar-refractivity contribution in [1.82, 2.24) is 14.5 Å². The molecule has 2 aliphatic heterocycles. The lowest BCUT2D eigenvalue weighted by Gasteiger charge is -2.46. The van der Waals surface area contributed by atoms with Gasteiger partial charge in [0.25, 0.3) is 0 Å². The summed E-state index contributed by atoms with van der Waals surface area (Å²) in [5.74, 6) is 1.05. The van der Waals surface area contributed by atoms with Crippen LogP contribution in [0.1, 0.15) is 62.8 Å². The van der Waals surface area contributed by atoms with Gasteiger partial charge in [-0.15, -0.1) is 0 Å². The number of unbranched alkanes of at least 4 members (excludes halogenated alkanes) is 1. The number of aromatic nitrogens is 2. The Hall–Kier alpha value is -2.83.